The van der Waals surface area contributed by atoms with E-state index in [9.17, 15) is 9.59 Å². The number of rotatable bonds is 5. The van der Waals surface area contributed by atoms with Gasteiger partial charge in [0.1, 0.15) is 5.54 Å². The van der Waals surface area contributed by atoms with Gasteiger partial charge in [-0.05, 0) is 36.5 Å². The van der Waals surface area contributed by atoms with Crippen molar-refractivity contribution in [2.75, 3.05) is 6.54 Å². The molecule has 1 aliphatic carbocycles. The summed E-state index contributed by atoms with van der Waals surface area (Å²) in [5.74, 6) is -0.0788. The average Bonchev–Trinajstić information content (AvgIpc) is 3.22. The smallest absolute Gasteiger partial charge is 0.315 e. The first-order valence-electron chi connectivity index (χ1n) is 8.79. The summed E-state index contributed by atoms with van der Waals surface area (Å²) >= 11 is 0. The van der Waals surface area contributed by atoms with E-state index in [-0.39, 0.29) is 11.9 Å². The monoisotopic (exact) mass is 330 g/mol. The van der Waals surface area contributed by atoms with Crippen LogP contribution in [0.15, 0.2) is 18.2 Å². The van der Waals surface area contributed by atoms with Gasteiger partial charge in [0.25, 0.3) is 0 Å². The maximum Gasteiger partial charge on any atom is 0.315 e. The molecule has 6 heteroatoms. The molecule has 130 valence electrons. The number of fused-ring (bicyclic) bond motifs is 1. The van der Waals surface area contributed by atoms with E-state index >= 15 is 0 Å². The van der Waals surface area contributed by atoms with Gasteiger partial charge in [-0.15, -0.1) is 0 Å². The molecule has 0 spiro atoms. The summed E-state index contributed by atoms with van der Waals surface area (Å²) in [6, 6.07) is 6.06. The lowest BCUT2D eigenvalue weighted by Crippen LogP contribution is -2.59. The molecule has 0 bridgehead atoms. The van der Waals surface area contributed by atoms with Crippen LogP contribution in [0.3, 0.4) is 0 Å². The standard InChI is InChI=1S/C18H26N4O2/c1-2-20-17(24)22-18(7-3-4-8-18)16(23)21-10-13-5-6-14-11-19-12-15(14)9-13/h5-6,9,19H,2-4,7-8,10-12H2,1H3,(H,21,23)(H2,20,22,24). The highest BCUT2D eigenvalue weighted by molar-refractivity contribution is 5.91. The molecule has 4 N–H and O–H groups in total. The van der Waals surface area contributed by atoms with Gasteiger partial charge in [-0.3, -0.25) is 4.79 Å². The lowest BCUT2D eigenvalue weighted by molar-refractivity contribution is -0.127. The van der Waals surface area contributed by atoms with Crippen LogP contribution in [0.2, 0.25) is 0 Å². The van der Waals surface area contributed by atoms with Crippen LogP contribution in [0.1, 0.15) is 49.3 Å². The van der Waals surface area contributed by atoms with Gasteiger partial charge in [-0.25, -0.2) is 4.79 Å². The quantitative estimate of drug-likeness (QED) is 0.661. The van der Waals surface area contributed by atoms with E-state index in [4.69, 9.17) is 0 Å². The number of amides is 3. The maximum atomic E-state index is 12.7. The van der Waals surface area contributed by atoms with Gasteiger partial charge in [-0.2, -0.15) is 0 Å². The first kappa shape index (κ1) is 16.8. The lowest BCUT2D eigenvalue weighted by atomic mass is 9.96. The second kappa shape index (κ2) is 7.21. The highest BCUT2D eigenvalue weighted by atomic mass is 16.2. The fraction of sp³-hybridized carbons (Fsp3) is 0.556. The van der Waals surface area contributed by atoms with Crippen molar-refractivity contribution in [2.45, 2.75) is 57.8 Å². The summed E-state index contributed by atoms with van der Waals surface area (Å²) < 4.78 is 0. The Bertz CT molecular complexity index is 623. The molecule has 1 aromatic rings. The Labute approximate surface area is 142 Å². The molecule has 6 nitrogen and oxygen atoms in total. The van der Waals surface area contributed by atoms with Crippen LogP contribution in [0.25, 0.3) is 0 Å². The van der Waals surface area contributed by atoms with E-state index in [0.29, 0.717) is 25.9 Å². The third kappa shape index (κ3) is 3.53. The Hall–Kier alpha value is -2.08. The Morgan fingerprint density at radius 2 is 1.88 bits per heavy atom. The minimum atomic E-state index is -0.766. The van der Waals surface area contributed by atoms with Crippen LogP contribution in [0.4, 0.5) is 4.79 Å². The van der Waals surface area contributed by atoms with E-state index in [0.717, 1.165) is 31.5 Å². The number of urea groups is 1. The van der Waals surface area contributed by atoms with E-state index in [1.54, 1.807) is 0 Å². The molecule has 24 heavy (non-hydrogen) atoms. The van der Waals surface area contributed by atoms with Crippen molar-refractivity contribution in [1.82, 2.24) is 21.3 Å². The molecule has 3 rings (SSSR count). The van der Waals surface area contributed by atoms with Crippen LogP contribution < -0.4 is 21.3 Å². The zero-order valence-electron chi connectivity index (χ0n) is 14.2. The number of nitrogens with one attached hydrogen (secondary N) is 4. The molecule has 0 radical (unpaired) electrons. The summed E-state index contributed by atoms with van der Waals surface area (Å²) in [4.78, 5) is 24.6. The maximum absolute atomic E-state index is 12.7. The number of benzene rings is 1. The second-order valence-corrected chi connectivity index (χ2v) is 6.66. The number of carbonyl (C=O) groups is 2. The molecule has 0 aromatic heterocycles. The van der Waals surface area contributed by atoms with Gasteiger partial charge in [0.15, 0.2) is 0 Å². The third-order valence-corrected chi connectivity index (χ3v) is 4.94. The SMILES string of the molecule is CCNC(=O)NC1(C(=O)NCc2ccc3c(c2)CNC3)CCCC1. The predicted molar refractivity (Wildman–Crippen MR) is 92.2 cm³/mol. The summed E-state index contributed by atoms with van der Waals surface area (Å²) in [6.45, 7) is 4.71. The third-order valence-electron chi connectivity index (χ3n) is 4.94. The molecule has 1 fully saturated rings. The second-order valence-electron chi connectivity index (χ2n) is 6.66. The highest BCUT2D eigenvalue weighted by Gasteiger charge is 2.42. The van der Waals surface area contributed by atoms with Crippen LogP contribution in [0, 0.1) is 0 Å². The van der Waals surface area contributed by atoms with Crippen LogP contribution in [-0.2, 0) is 24.4 Å². The van der Waals surface area contributed by atoms with Gasteiger partial charge < -0.3 is 21.3 Å². The Kier molecular flexibility index (Phi) is 5.04. The molecule has 1 aliphatic heterocycles. The molecule has 0 unspecified atom stereocenters. The first-order valence-corrected chi connectivity index (χ1v) is 8.79. The van der Waals surface area contributed by atoms with Crippen LogP contribution >= 0.6 is 0 Å². The summed E-state index contributed by atoms with van der Waals surface area (Å²) in [6.07, 6.45) is 3.32. The number of hydrogen-bond acceptors (Lipinski definition) is 3. The van der Waals surface area contributed by atoms with Crippen molar-refractivity contribution in [3.05, 3.63) is 34.9 Å². The molecule has 0 saturated heterocycles. The molecule has 1 heterocycles. The molecule has 2 aliphatic rings. The van der Waals surface area contributed by atoms with E-state index in [1.807, 2.05) is 6.92 Å². The molecule has 1 aromatic carbocycles. The van der Waals surface area contributed by atoms with Gasteiger partial charge in [-0.1, -0.05) is 31.0 Å². The Morgan fingerprint density at radius 3 is 2.62 bits per heavy atom. The van der Waals surface area contributed by atoms with Gasteiger partial charge >= 0.3 is 6.03 Å². The van der Waals surface area contributed by atoms with Gasteiger partial charge in [0.2, 0.25) is 5.91 Å². The summed E-state index contributed by atoms with van der Waals surface area (Å²) in [5, 5.41) is 12.0. The molecular formula is C18H26N4O2. The molecular weight excluding hydrogens is 304 g/mol. The molecule has 3 amide bonds. The minimum absolute atomic E-state index is 0.0788. The average molecular weight is 330 g/mol. The minimum Gasteiger partial charge on any atom is -0.350 e. The van der Waals surface area contributed by atoms with E-state index < -0.39 is 5.54 Å². The van der Waals surface area contributed by atoms with Crippen molar-refractivity contribution < 1.29 is 9.59 Å². The van der Waals surface area contributed by atoms with Crippen molar-refractivity contribution in [2.24, 2.45) is 0 Å². The van der Waals surface area contributed by atoms with E-state index in [1.165, 1.54) is 11.1 Å². The largest absolute Gasteiger partial charge is 0.350 e. The van der Waals surface area contributed by atoms with Gasteiger partial charge in [0, 0.05) is 26.2 Å². The normalized spacial score (nSPS) is 18.0. The van der Waals surface area contributed by atoms with Gasteiger partial charge in [0.05, 0.1) is 0 Å². The number of carbonyl (C=O) groups excluding carboxylic acids is 2. The van der Waals surface area contributed by atoms with Crippen molar-refractivity contribution in [3.63, 3.8) is 0 Å². The summed E-state index contributed by atoms with van der Waals surface area (Å²) in [7, 11) is 0. The lowest BCUT2D eigenvalue weighted by Gasteiger charge is -2.29. The fourth-order valence-corrected chi connectivity index (χ4v) is 3.62. The highest BCUT2D eigenvalue weighted by Crippen LogP contribution is 2.30. The van der Waals surface area contributed by atoms with E-state index in [2.05, 4.69) is 39.5 Å². The zero-order chi connectivity index (χ0) is 17.0. The zero-order valence-corrected chi connectivity index (χ0v) is 14.2. The van der Waals surface area contributed by atoms with Crippen molar-refractivity contribution in [1.29, 1.82) is 0 Å². The Balaban J connectivity index is 1.62. The molecule has 0 atom stereocenters. The first-order chi connectivity index (χ1) is 11.6. The summed E-state index contributed by atoms with van der Waals surface area (Å²) in [5.41, 5.74) is 2.96. The molecule has 1 saturated carbocycles. The van der Waals surface area contributed by atoms with Crippen molar-refractivity contribution in [3.8, 4) is 0 Å². The van der Waals surface area contributed by atoms with Crippen LogP contribution in [0.5, 0.6) is 0 Å². The number of hydrogen-bond donors (Lipinski definition) is 4. The predicted octanol–water partition coefficient (Wildman–Crippen LogP) is 1.54. The topological polar surface area (TPSA) is 82.3 Å². The van der Waals surface area contributed by atoms with Crippen LogP contribution in [-0.4, -0.2) is 24.0 Å². The fourth-order valence-electron chi connectivity index (χ4n) is 3.62. The van der Waals surface area contributed by atoms with Crippen molar-refractivity contribution >= 4 is 11.9 Å². The Morgan fingerprint density at radius 1 is 1.12 bits per heavy atom.